The molecule has 0 saturated heterocycles. The number of pyridine rings is 1. The van der Waals surface area contributed by atoms with Crippen LogP contribution in [0.1, 0.15) is 0 Å². The molecule has 1 heterocycles. The first kappa shape index (κ1) is 16.1. The molecule has 2 aromatic rings. The average Bonchev–Trinajstić information content (AvgIpc) is 2.44. The minimum atomic E-state index is -4.00. The van der Waals surface area contributed by atoms with Gasteiger partial charge >= 0.3 is 0 Å². The summed E-state index contributed by atoms with van der Waals surface area (Å²) in [5.74, 6) is 5.27. The molecule has 0 saturated carbocycles. The molecule has 112 valence electrons. The SMILES string of the molecule is NNc1cccnc1S(=O)(=O)Nc1cc(Cl)c(Cl)cc1Cl. The minimum Gasteiger partial charge on any atom is -0.321 e. The second-order valence-corrected chi connectivity index (χ2v) is 6.67. The summed E-state index contributed by atoms with van der Waals surface area (Å²) in [5.41, 5.74) is 2.48. The minimum absolute atomic E-state index is 0.0830. The second kappa shape index (κ2) is 6.25. The number of sulfonamides is 1. The Labute approximate surface area is 136 Å². The van der Waals surface area contributed by atoms with Gasteiger partial charge in [0.25, 0.3) is 10.0 Å². The Morgan fingerprint density at radius 3 is 2.38 bits per heavy atom. The highest BCUT2D eigenvalue weighted by molar-refractivity contribution is 7.92. The van der Waals surface area contributed by atoms with Gasteiger partial charge in [-0.25, -0.2) is 4.98 Å². The summed E-state index contributed by atoms with van der Waals surface area (Å²) in [5, 5.41) is 0.213. The molecule has 10 heteroatoms. The fraction of sp³-hybridized carbons (Fsp3) is 0. The van der Waals surface area contributed by atoms with Crippen LogP contribution in [0.2, 0.25) is 15.1 Å². The number of aromatic nitrogens is 1. The van der Waals surface area contributed by atoms with Gasteiger partial charge in [0.15, 0.2) is 0 Å². The normalized spacial score (nSPS) is 11.2. The Balaban J connectivity index is 2.45. The maximum absolute atomic E-state index is 12.3. The molecule has 0 atom stereocenters. The van der Waals surface area contributed by atoms with Gasteiger partial charge in [0, 0.05) is 6.20 Å². The van der Waals surface area contributed by atoms with Gasteiger partial charge in [-0.3, -0.25) is 10.6 Å². The zero-order valence-corrected chi connectivity index (χ0v) is 13.4. The molecule has 21 heavy (non-hydrogen) atoms. The molecule has 1 aromatic heterocycles. The van der Waals surface area contributed by atoms with Gasteiger partial charge < -0.3 is 5.43 Å². The predicted octanol–water partition coefficient (Wildman–Crippen LogP) is 3.13. The lowest BCUT2D eigenvalue weighted by Crippen LogP contribution is -2.19. The van der Waals surface area contributed by atoms with Crippen LogP contribution in [0.3, 0.4) is 0 Å². The molecule has 1 aromatic carbocycles. The van der Waals surface area contributed by atoms with Crippen molar-refractivity contribution in [1.29, 1.82) is 0 Å². The van der Waals surface area contributed by atoms with Crippen LogP contribution >= 0.6 is 34.8 Å². The Kier molecular flexibility index (Phi) is 4.80. The molecule has 0 fully saturated rings. The van der Waals surface area contributed by atoms with Gasteiger partial charge in [-0.15, -0.1) is 0 Å². The number of halogens is 3. The van der Waals surface area contributed by atoms with Crippen molar-refractivity contribution in [3.8, 4) is 0 Å². The van der Waals surface area contributed by atoms with Crippen molar-refractivity contribution in [3.63, 3.8) is 0 Å². The fourth-order valence-electron chi connectivity index (χ4n) is 1.51. The molecule has 6 nitrogen and oxygen atoms in total. The third-order valence-corrected chi connectivity index (χ3v) is 4.79. The Morgan fingerprint density at radius 1 is 1.05 bits per heavy atom. The van der Waals surface area contributed by atoms with E-state index in [1.54, 1.807) is 6.07 Å². The number of rotatable bonds is 4. The van der Waals surface area contributed by atoms with Crippen molar-refractivity contribution >= 4 is 56.2 Å². The van der Waals surface area contributed by atoms with E-state index >= 15 is 0 Å². The van der Waals surface area contributed by atoms with E-state index in [4.69, 9.17) is 40.6 Å². The summed E-state index contributed by atoms with van der Waals surface area (Å²) < 4.78 is 26.9. The number of nitrogens with zero attached hydrogens (tertiary/aromatic N) is 1. The monoisotopic (exact) mass is 366 g/mol. The van der Waals surface area contributed by atoms with Gasteiger partial charge in [-0.05, 0) is 24.3 Å². The molecule has 0 bridgehead atoms. The molecule has 0 radical (unpaired) electrons. The number of benzene rings is 1. The van der Waals surface area contributed by atoms with Crippen molar-refractivity contribution in [3.05, 3.63) is 45.5 Å². The van der Waals surface area contributed by atoms with Crippen LogP contribution in [-0.4, -0.2) is 13.4 Å². The summed E-state index contributed by atoms with van der Waals surface area (Å²) in [7, 11) is -4.00. The Morgan fingerprint density at radius 2 is 1.71 bits per heavy atom. The van der Waals surface area contributed by atoms with Crippen molar-refractivity contribution in [2.45, 2.75) is 5.03 Å². The fourth-order valence-corrected chi connectivity index (χ4v) is 3.33. The van der Waals surface area contributed by atoms with Crippen molar-refractivity contribution in [2.75, 3.05) is 10.1 Å². The van der Waals surface area contributed by atoms with Gasteiger partial charge in [0.05, 0.1) is 26.4 Å². The largest absolute Gasteiger partial charge is 0.321 e. The van der Waals surface area contributed by atoms with Crippen LogP contribution in [0.4, 0.5) is 11.4 Å². The van der Waals surface area contributed by atoms with E-state index in [-0.39, 0.29) is 31.5 Å². The van der Waals surface area contributed by atoms with E-state index in [0.29, 0.717) is 0 Å². The number of nitrogens with one attached hydrogen (secondary N) is 2. The zero-order valence-electron chi connectivity index (χ0n) is 10.3. The van der Waals surface area contributed by atoms with Crippen LogP contribution in [0.5, 0.6) is 0 Å². The van der Waals surface area contributed by atoms with E-state index in [2.05, 4.69) is 15.1 Å². The number of hydrogen-bond donors (Lipinski definition) is 3. The summed E-state index contributed by atoms with van der Waals surface area (Å²) in [4.78, 5) is 3.79. The lowest BCUT2D eigenvalue weighted by molar-refractivity contribution is 0.598. The predicted molar refractivity (Wildman–Crippen MR) is 84.3 cm³/mol. The van der Waals surface area contributed by atoms with Gasteiger partial charge in [0.2, 0.25) is 5.03 Å². The van der Waals surface area contributed by atoms with Crippen LogP contribution in [-0.2, 0) is 10.0 Å². The van der Waals surface area contributed by atoms with Crippen LogP contribution in [0, 0.1) is 0 Å². The highest BCUT2D eigenvalue weighted by Crippen LogP contribution is 2.33. The maximum Gasteiger partial charge on any atom is 0.281 e. The maximum atomic E-state index is 12.3. The summed E-state index contributed by atoms with van der Waals surface area (Å²) in [6.45, 7) is 0. The second-order valence-electron chi connectivity index (χ2n) is 3.85. The molecule has 2 rings (SSSR count). The van der Waals surface area contributed by atoms with Crippen LogP contribution < -0.4 is 16.0 Å². The Hall–Kier alpha value is -1.25. The van der Waals surface area contributed by atoms with Crippen molar-refractivity contribution in [2.24, 2.45) is 5.84 Å². The molecule has 0 aliphatic heterocycles. The molecular weight excluding hydrogens is 359 g/mol. The number of nitrogen functional groups attached to an aromatic ring is 1. The summed E-state index contributed by atoms with van der Waals surface area (Å²) >= 11 is 17.6. The number of anilines is 2. The average molecular weight is 368 g/mol. The number of hydrazine groups is 1. The molecular formula is C11H9Cl3N4O2S. The molecule has 0 amide bonds. The van der Waals surface area contributed by atoms with Gasteiger partial charge in [-0.1, -0.05) is 34.8 Å². The number of hydrogen-bond acceptors (Lipinski definition) is 5. The zero-order chi connectivity index (χ0) is 15.6. The first-order chi connectivity index (χ1) is 9.85. The first-order valence-electron chi connectivity index (χ1n) is 5.44. The lowest BCUT2D eigenvalue weighted by atomic mass is 10.3. The summed E-state index contributed by atoms with van der Waals surface area (Å²) in [6.07, 6.45) is 1.33. The summed E-state index contributed by atoms with van der Waals surface area (Å²) in [6, 6.07) is 5.66. The van der Waals surface area contributed by atoms with E-state index in [1.165, 1.54) is 24.4 Å². The Bertz CT molecular complexity index is 783. The molecule has 4 N–H and O–H groups in total. The van der Waals surface area contributed by atoms with Crippen LogP contribution in [0.15, 0.2) is 35.5 Å². The molecule has 0 aliphatic carbocycles. The van der Waals surface area contributed by atoms with E-state index in [0.717, 1.165) is 0 Å². The van der Waals surface area contributed by atoms with E-state index in [9.17, 15) is 8.42 Å². The molecule has 0 spiro atoms. The molecule has 0 aliphatic rings. The quantitative estimate of drug-likeness (QED) is 0.438. The highest BCUT2D eigenvalue weighted by atomic mass is 35.5. The first-order valence-corrected chi connectivity index (χ1v) is 8.06. The van der Waals surface area contributed by atoms with E-state index in [1.807, 2.05) is 0 Å². The smallest absolute Gasteiger partial charge is 0.281 e. The van der Waals surface area contributed by atoms with Crippen LogP contribution in [0.25, 0.3) is 0 Å². The van der Waals surface area contributed by atoms with Crippen molar-refractivity contribution < 1.29 is 8.42 Å². The van der Waals surface area contributed by atoms with Gasteiger partial charge in [-0.2, -0.15) is 8.42 Å². The standard InChI is InChI=1S/C11H9Cl3N4O2S/c12-6-4-8(14)10(5-7(6)13)18-21(19,20)11-9(17-15)2-1-3-16-11/h1-5,17-18H,15H2. The number of nitrogens with two attached hydrogens (primary N) is 1. The highest BCUT2D eigenvalue weighted by Gasteiger charge is 2.21. The third-order valence-electron chi connectivity index (χ3n) is 2.44. The lowest BCUT2D eigenvalue weighted by Gasteiger charge is -2.12. The topological polar surface area (TPSA) is 97.1 Å². The third kappa shape index (κ3) is 3.50. The van der Waals surface area contributed by atoms with Crippen molar-refractivity contribution in [1.82, 2.24) is 4.98 Å². The molecule has 0 unspecified atom stereocenters. The van der Waals surface area contributed by atoms with E-state index < -0.39 is 10.0 Å². The van der Waals surface area contributed by atoms with Gasteiger partial charge in [0.1, 0.15) is 0 Å².